The molecule has 0 aliphatic rings. The van der Waals surface area contributed by atoms with Crippen LogP contribution in [0.1, 0.15) is 5.56 Å². The standard InChI is InChI=1S/C16H12Cl2F3NO3S/c17-12-5-4-11(9-13(12)18)6-7-15(23,16(19,20)21)10-26(24,25)14-3-1-2-8-22-14/h1-9,23H,10H2. The molecule has 1 unspecified atom stereocenters. The maximum Gasteiger partial charge on any atom is 0.421 e. The predicted molar refractivity (Wildman–Crippen MR) is 92.8 cm³/mol. The normalized spacial score (nSPS) is 15.2. The lowest BCUT2D eigenvalue weighted by Gasteiger charge is -2.27. The number of benzene rings is 1. The summed E-state index contributed by atoms with van der Waals surface area (Å²) in [6.45, 7) is 0. The summed E-state index contributed by atoms with van der Waals surface area (Å²) < 4.78 is 64.5. The van der Waals surface area contributed by atoms with Gasteiger partial charge in [0.25, 0.3) is 0 Å². The number of hydrogen-bond acceptors (Lipinski definition) is 4. The van der Waals surface area contributed by atoms with E-state index in [0.29, 0.717) is 6.08 Å². The maximum absolute atomic E-state index is 13.4. The lowest BCUT2D eigenvalue weighted by molar-refractivity contribution is -0.230. The van der Waals surface area contributed by atoms with E-state index in [2.05, 4.69) is 4.98 Å². The molecule has 2 rings (SSSR count). The second-order valence-corrected chi connectivity index (χ2v) is 8.11. The van der Waals surface area contributed by atoms with Crippen LogP contribution in [0.25, 0.3) is 6.08 Å². The Kier molecular flexibility index (Phi) is 6.02. The Bertz CT molecular complexity index is 918. The van der Waals surface area contributed by atoms with Gasteiger partial charge in [0.2, 0.25) is 0 Å². The first-order valence-corrected chi connectivity index (χ1v) is 9.43. The highest BCUT2D eigenvalue weighted by atomic mass is 35.5. The smallest absolute Gasteiger partial charge is 0.376 e. The van der Waals surface area contributed by atoms with Crippen LogP contribution >= 0.6 is 23.2 Å². The molecule has 1 heterocycles. The van der Waals surface area contributed by atoms with Crippen molar-refractivity contribution in [2.24, 2.45) is 0 Å². The van der Waals surface area contributed by atoms with Crippen LogP contribution in [0.4, 0.5) is 13.2 Å². The fourth-order valence-electron chi connectivity index (χ4n) is 1.97. The number of aliphatic hydroxyl groups is 1. The second kappa shape index (κ2) is 7.56. The van der Waals surface area contributed by atoms with Crippen LogP contribution in [0.5, 0.6) is 0 Å². The summed E-state index contributed by atoms with van der Waals surface area (Å²) in [7, 11) is -4.50. The summed E-state index contributed by atoms with van der Waals surface area (Å²) in [5.74, 6) is -1.61. The van der Waals surface area contributed by atoms with Gasteiger partial charge in [-0.05, 0) is 35.9 Å². The van der Waals surface area contributed by atoms with Crippen LogP contribution < -0.4 is 0 Å². The molecule has 10 heteroatoms. The van der Waals surface area contributed by atoms with Crippen molar-refractivity contribution in [3.63, 3.8) is 0 Å². The summed E-state index contributed by atoms with van der Waals surface area (Å²) in [4.78, 5) is 3.53. The Labute approximate surface area is 157 Å². The Morgan fingerprint density at radius 3 is 2.35 bits per heavy atom. The fraction of sp³-hybridized carbons (Fsp3) is 0.188. The highest BCUT2D eigenvalue weighted by Gasteiger charge is 2.54. The van der Waals surface area contributed by atoms with Gasteiger partial charge in [0.05, 0.1) is 15.8 Å². The Hall–Kier alpha value is -1.61. The molecule has 2 aromatic rings. The first-order valence-electron chi connectivity index (χ1n) is 7.02. The van der Waals surface area contributed by atoms with Crippen LogP contribution in [0.15, 0.2) is 53.7 Å². The van der Waals surface area contributed by atoms with Gasteiger partial charge in [0.1, 0.15) is 0 Å². The zero-order valence-electron chi connectivity index (χ0n) is 12.9. The third-order valence-corrected chi connectivity index (χ3v) is 5.79. The van der Waals surface area contributed by atoms with Gasteiger partial charge in [-0.15, -0.1) is 0 Å². The topological polar surface area (TPSA) is 67.3 Å². The first kappa shape index (κ1) is 20.7. The van der Waals surface area contributed by atoms with Crippen molar-refractivity contribution in [3.05, 3.63) is 64.3 Å². The molecular weight excluding hydrogens is 414 g/mol. The number of alkyl halides is 3. The lowest BCUT2D eigenvalue weighted by Crippen LogP contribution is -2.49. The molecule has 0 bridgehead atoms. The van der Waals surface area contributed by atoms with Gasteiger partial charge in [-0.25, -0.2) is 13.4 Å². The molecule has 26 heavy (non-hydrogen) atoms. The summed E-state index contributed by atoms with van der Waals surface area (Å²) in [6.07, 6.45) is -2.82. The van der Waals surface area contributed by atoms with Crippen LogP contribution in [-0.4, -0.2) is 36.0 Å². The predicted octanol–water partition coefficient (Wildman–Crippen LogP) is 4.17. The summed E-state index contributed by atoms with van der Waals surface area (Å²) >= 11 is 11.5. The van der Waals surface area contributed by atoms with Crippen molar-refractivity contribution in [1.29, 1.82) is 0 Å². The molecule has 0 aliphatic heterocycles. The molecule has 1 aromatic carbocycles. The van der Waals surface area contributed by atoms with E-state index in [9.17, 15) is 26.7 Å². The third-order valence-electron chi connectivity index (χ3n) is 3.35. The van der Waals surface area contributed by atoms with E-state index >= 15 is 0 Å². The Morgan fingerprint density at radius 1 is 1.12 bits per heavy atom. The summed E-state index contributed by atoms with van der Waals surface area (Å²) in [5.41, 5.74) is -3.41. The van der Waals surface area contributed by atoms with Crippen LogP contribution in [0, 0.1) is 0 Å². The summed E-state index contributed by atoms with van der Waals surface area (Å²) in [6, 6.07) is 7.80. The SMILES string of the molecule is O=S(=O)(CC(O)(C=Cc1ccc(Cl)c(Cl)c1)C(F)(F)F)c1ccccn1. The van der Waals surface area contributed by atoms with Crippen molar-refractivity contribution in [3.8, 4) is 0 Å². The summed E-state index contributed by atoms with van der Waals surface area (Å²) in [5, 5.41) is 9.79. The quantitative estimate of drug-likeness (QED) is 0.780. The molecule has 0 saturated carbocycles. The van der Waals surface area contributed by atoms with Gasteiger partial charge in [-0.1, -0.05) is 41.4 Å². The fourth-order valence-corrected chi connectivity index (χ4v) is 3.77. The van der Waals surface area contributed by atoms with E-state index in [0.717, 1.165) is 18.3 Å². The van der Waals surface area contributed by atoms with Gasteiger partial charge in [0, 0.05) is 6.20 Å². The lowest BCUT2D eigenvalue weighted by atomic mass is 10.0. The van der Waals surface area contributed by atoms with Crippen molar-refractivity contribution in [1.82, 2.24) is 4.98 Å². The monoisotopic (exact) mass is 425 g/mol. The molecular formula is C16H12Cl2F3NO3S. The minimum atomic E-state index is -5.23. The molecule has 1 atom stereocenters. The zero-order chi connectivity index (χ0) is 19.6. The Balaban J connectivity index is 2.39. The molecule has 1 aromatic heterocycles. The van der Waals surface area contributed by atoms with Gasteiger partial charge in [-0.3, -0.25) is 0 Å². The third kappa shape index (κ3) is 4.76. The number of hydrogen-bond donors (Lipinski definition) is 1. The molecule has 0 saturated heterocycles. The van der Waals surface area contributed by atoms with E-state index in [1.165, 1.54) is 30.3 Å². The number of sulfone groups is 1. The van der Waals surface area contributed by atoms with E-state index in [-0.39, 0.29) is 15.6 Å². The molecule has 140 valence electrons. The van der Waals surface area contributed by atoms with E-state index in [1.807, 2.05) is 0 Å². The second-order valence-electron chi connectivity index (χ2n) is 5.36. The van der Waals surface area contributed by atoms with Crippen LogP contribution in [0.2, 0.25) is 10.0 Å². The van der Waals surface area contributed by atoms with Gasteiger partial charge in [0.15, 0.2) is 20.5 Å². The minimum absolute atomic E-state index is 0.102. The van der Waals surface area contributed by atoms with E-state index < -0.39 is 32.4 Å². The number of nitrogens with zero attached hydrogens (tertiary/aromatic N) is 1. The number of halogens is 5. The van der Waals surface area contributed by atoms with Crippen molar-refractivity contribution < 1.29 is 26.7 Å². The maximum atomic E-state index is 13.4. The molecule has 0 amide bonds. The average Bonchev–Trinajstić information content (AvgIpc) is 2.55. The highest BCUT2D eigenvalue weighted by molar-refractivity contribution is 7.91. The number of pyridine rings is 1. The molecule has 1 N–H and O–H groups in total. The van der Waals surface area contributed by atoms with Crippen LogP contribution in [0.3, 0.4) is 0 Å². The molecule has 0 fully saturated rings. The van der Waals surface area contributed by atoms with Gasteiger partial charge >= 0.3 is 6.18 Å². The number of aromatic nitrogens is 1. The minimum Gasteiger partial charge on any atom is -0.376 e. The molecule has 0 radical (unpaired) electrons. The van der Waals surface area contributed by atoms with Crippen molar-refractivity contribution >= 4 is 39.1 Å². The number of rotatable bonds is 5. The first-order chi connectivity index (χ1) is 11.9. The average molecular weight is 426 g/mol. The largest absolute Gasteiger partial charge is 0.421 e. The van der Waals surface area contributed by atoms with Crippen molar-refractivity contribution in [2.75, 3.05) is 5.75 Å². The highest BCUT2D eigenvalue weighted by Crippen LogP contribution is 2.35. The van der Waals surface area contributed by atoms with Gasteiger partial charge in [-0.2, -0.15) is 13.2 Å². The van der Waals surface area contributed by atoms with E-state index in [4.69, 9.17) is 23.2 Å². The Morgan fingerprint density at radius 2 is 1.81 bits per heavy atom. The van der Waals surface area contributed by atoms with Gasteiger partial charge < -0.3 is 5.11 Å². The van der Waals surface area contributed by atoms with Crippen LogP contribution in [-0.2, 0) is 9.84 Å². The molecule has 4 nitrogen and oxygen atoms in total. The molecule has 0 aliphatic carbocycles. The van der Waals surface area contributed by atoms with Crippen molar-refractivity contribution in [2.45, 2.75) is 16.8 Å². The van der Waals surface area contributed by atoms with E-state index in [1.54, 1.807) is 0 Å². The molecule has 0 spiro atoms. The zero-order valence-corrected chi connectivity index (χ0v) is 15.2.